The van der Waals surface area contributed by atoms with E-state index in [0.717, 1.165) is 38.3 Å². The minimum absolute atomic E-state index is 0.404. The van der Waals surface area contributed by atoms with Crippen molar-refractivity contribution in [3.8, 4) is 5.75 Å². The van der Waals surface area contributed by atoms with Gasteiger partial charge in [-0.2, -0.15) is 0 Å². The van der Waals surface area contributed by atoms with Crippen LogP contribution in [0, 0.1) is 0 Å². The van der Waals surface area contributed by atoms with Crippen LogP contribution >= 0.6 is 0 Å². The molecule has 0 radical (unpaired) electrons. The average molecular weight is 287 g/mol. The van der Waals surface area contributed by atoms with E-state index < -0.39 is 0 Å². The number of fused-ring (bicyclic) bond motifs is 1. The van der Waals surface area contributed by atoms with E-state index in [1.807, 2.05) is 14.1 Å². The van der Waals surface area contributed by atoms with E-state index in [-0.39, 0.29) is 0 Å². The summed E-state index contributed by atoms with van der Waals surface area (Å²) in [7, 11) is 4.01. The molecular formula is C17H25N3O. The van der Waals surface area contributed by atoms with E-state index in [2.05, 4.69) is 40.7 Å². The first kappa shape index (κ1) is 14.3. The van der Waals surface area contributed by atoms with Crippen LogP contribution in [0.3, 0.4) is 0 Å². The molecule has 0 saturated heterocycles. The molecule has 0 aromatic heterocycles. The van der Waals surface area contributed by atoms with Crippen molar-refractivity contribution in [3.05, 3.63) is 40.7 Å². The minimum Gasteiger partial charge on any atom is -0.493 e. The molecule has 1 unspecified atom stereocenters. The molecule has 0 spiro atoms. The zero-order chi connectivity index (χ0) is 14.8. The number of benzene rings is 1. The number of nitrogens with zero attached hydrogens (tertiary/aromatic N) is 1. The highest BCUT2D eigenvalue weighted by Gasteiger charge is 2.24. The molecule has 114 valence electrons. The van der Waals surface area contributed by atoms with Gasteiger partial charge >= 0.3 is 0 Å². The first-order valence-electron chi connectivity index (χ1n) is 7.80. The van der Waals surface area contributed by atoms with Crippen LogP contribution in [0.4, 0.5) is 0 Å². The fraction of sp³-hybridized carbons (Fsp3) is 0.529. The second-order valence-electron chi connectivity index (χ2n) is 5.82. The van der Waals surface area contributed by atoms with Gasteiger partial charge in [0.2, 0.25) is 0 Å². The molecule has 21 heavy (non-hydrogen) atoms. The Bertz CT molecular complexity index is 553. The van der Waals surface area contributed by atoms with E-state index in [9.17, 15) is 0 Å². The number of nitrogens with one attached hydrogen (secondary N) is 2. The first-order valence-corrected chi connectivity index (χ1v) is 7.80. The van der Waals surface area contributed by atoms with Gasteiger partial charge in [0.15, 0.2) is 0 Å². The maximum atomic E-state index is 5.70. The molecule has 1 atom stereocenters. The molecule has 1 aromatic rings. The van der Waals surface area contributed by atoms with E-state index in [1.54, 1.807) is 0 Å². The Morgan fingerprint density at radius 3 is 2.71 bits per heavy atom. The molecule has 0 amide bonds. The minimum atomic E-state index is 0.404. The van der Waals surface area contributed by atoms with Gasteiger partial charge < -0.3 is 15.4 Å². The third-order valence-corrected chi connectivity index (χ3v) is 4.73. The molecule has 4 heteroatoms. The quantitative estimate of drug-likeness (QED) is 0.888. The lowest BCUT2D eigenvalue weighted by Gasteiger charge is -2.35. The first-order chi connectivity index (χ1) is 10.2. The SMILES string of the molecule is CNC1=C(NC)CN(C(C)c2ccc3c(c2)OCC3)CC1. The summed E-state index contributed by atoms with van der Waals surface area (Å²) in [5.41, 5.74) is 5.32. The summed E-state index contributed by atoms with van der Waals surface area (Å²) >= 11 is 0. The van der Waals surface area contributed by atoms with Crippen LogP contribution in [0.2, 0.25) is 0 Å². The van der Waals surface area contributed by atoms with Crippen molar-refractivity contribution in [1.29, 1.82) is 0 Å². The highest BCUT2D eigenvalue weighted by atomic mass is 16.5. The standard InChI is InChI=1S/C17H25N3O/c1-12(14-5-4-13-7-9-21-17(13)10-14)20-8-6-15(18-2)16(11-20)19-3/h4-5,10,12,18-19H,6-9,11H2,1-3H3. The topological polar surface area (TPSA) is 36.5 Å². The van der Waals surface area contributed by atoms with Crippen molar-refractivity contribution in [2.45, 2.75) is 25.8 Å². The number of ether oxygens (including phenoxy) is 1. The Labute approximate surface area is 127 Å². The molecule has 4 nitrogen and oxygen atoms in total. The predicted octanol–water partition coefficient (Wildman–Crippen LogP) is 2.04. The van der Waals surface area contributed by atoms with Crippen LogP contribution in [0.1, 0.15) is 30.5 Å². The monoisotopic (exact) mass is 287 g/mol. The van der Waals surface area contributed by atoms with Crippen molar-refractivity contribution in [2.75, 3.05) is 33.8 Å². The normalized spacial score (nSPS) is 20.0. The zero-order valence-electron chi connectivity index (χ0n) is 13.2. The van der Waals surface area contributed by atoms with Crippen molar-refractivity contribution in [2.24, 2.45) is 0 Å². The van der Waals surface area contributed by atoms with Crippen LogP contribution in [0.15, 0.2) is 29.6 Å². The molecule has 0 bridgehead atoms. The number of hydrogen-bond donors (Lipinski definition) is 2. The molecule has 3 rings (SSSR count). The fourth-order valence-electron chi connectivity index (χ4n) is 3.27. The number of likely N-dealkylation sites (N-methyl/N-ethyl adjacent to an activating group) is 1. The van der Waals surface area contributed by atoms with Crippen molar-refractivity contribution >= 4 is 0 Å². The lowest BCUT2D eigenvalue weighted by atomic mass is 10.0. The smallest absolute Gasteiger partial charge is 0.122 e. The van der Waals surface area contributed by atoms with E-state index in [1.165, 1.54) is 22.5 Å². The Balaban J connectivity index is 1.77. The predicted molar refractivity (Wildman–Crippen MR) is 85.4 cm³/mol. The van der Waals surface area contributed by atoms with Crippen molar-refractivity contribution in [3.63, 3.8) is 0 Å². The summed E-state index contributed by atoms with van der Waals surface area (Å²) in [5, 5.41) is 6.64. The largest absolute Gasteiger partial charge is 0.493 e. The maximum absolute atomic E-state index is 5.70. The lowest BCUT2D eigenvalue weighted by molar-refractivity contribution is 0.213. The number of hydrogen-bond acceptors (Lipinski definition) is 4. The van der Waals surface area contributed by atoms with Gasteiger partial charge in [-0.25, -0.2) is 0 Å². The Morgan fingerprint density at radius 2 is 1.95 bits per heavy atom. The Kier molecular flexibility index (Phi) is 4.06. The van der Waals surface area contributed by atoms with Gasteiger partial charge in [0.05, 0.1) is 6.61 Å². The van der Waals surface area contributed by atoms with Gasteiger partial charge in [-0.1, -0.05) is 12.1 Å². The average Bonchev–Trinajstić information content (AvgIpc) is 3.00. The maximum Gasteiger partial charge on any atom is 0.122 e. The summed E-state index contributed by atoms with van der Waals surface area (Å²) in [6, 6.07) is 7.12. The van der Waals surface area contributed by atoms with Gasteiger partial charge in [-0.15, -0.1) is 0 Å². The Hall–Kier alpha value is -1.68. The summed E-state index contributed by atoms with van der Waals surface area (Å²) in [6.45, 7) is 5.16. The fourth-order valence-corrected chi connectivity index (χ4v) is 3.27. The van der Waals surface area contributed by atoms with Gasteiger partial charge in [0, 0.05) is 57.5 Å². The molecule has 2 aliphatic heterocycles. The molecule has 2 N–H and O–H groups in total. The van der Waals surface area contributed by atoms with E-state index >= 15 is 0 Å². The van der Waals surface area contributed by atoms with Crippen LogP contribution in [0.5, 0.6) is 5.75 Å². The van der Waals surface area contributed by atoms with Crippen LogP contribution in [0.25, 0.3) is 0 Å². The molecule has 2 aliphatic rings. The zero-order valence-corrected chi connectivity index (χ0v) is 13.2. The number of rotatable bonds is 4. The molecular weight excluding hydrogens is 262 g/mol. The summed E-state index contributed by atoms with van der Waals surface area (Å²) in [4.78, 5) is 2.52. The Morgan fingerprint density at radius 1 is 1.14 bits per heavy atom. The van der Waals surface area contributed by atoms with Gasteiger partial charge in [-0.05, 0) is 24.1 Å². The highest BCUT2D eigenvalue weighted by Crippen LogP contribution is 2.31. The van der Waals surface area contributed by atoms with Crippen LogP contribution in [-0.2, 0) is 6.42 Å². The summed E-state index contributed by atoms with van der Waals surface area (Å²) in [6.07, 6.45) is 2.12. The molecule has 1 aromatic carbocycles. The van der Waals surface area contributed by atoms with Crippen molar-refractivity contribution < 1.29 is 4.74 Å². The van der Waals surface area contributed by atoms with E-state index in [4.69, 9.17) is 4.74 Å². The highest BCUT2D eigenvalue weighted by molar-refractivity contribution is 5.41. The van der Waals surface area contributed by atoms with Crippen LogP contribution < -0.4 is 15.4 Å². The van der Waals surface area contributed by atoms with Gasteiger partial charge in [-0.3, -0.25) is 4.90 Å². The third-order valence-electron chi connectivity index (χ3n) is 4.73. The van der Waals surface area contributed by atoms with Gasteiger partial charge in [0.25, 0.3) is 0 Å². The van der Waals surface area contributed by atoms with Crippen LogP contribution in [-0.4, -0.2) is 38.7 Å². The van der Waals surface area contributed by atoms with Crippen molar-refractivity contribution in [1.82, 2.24) is 15.5 Å². The second-order valence-corrected chi connectivity index (χ2v) is 5.82. The lowest BCUT2D eigenvalue weighted by Crippen LogP contribution is -2.39. The van der Waals surface area contributed by atoms with Gasteiger partial charge in [0.1, 0.15) is 5.75 Å². The molecule has 2 heterocycles. The molecule has 0 saturated carbocycles. The molecule has 0 fully saturated rings. The molecule has 0 aliphatic carbocycles. The van der Waals surface area contributed by atoms with E-state index in [0.29, 0.717) is 6.04 Å². The summed E-state index contributed by atoms with van der Waals surface area (Å²) in [5.74, 6) is 1.08. The summed E-state index contributed by atoms with van der Waals surface area (Å²) < 4.78 is 5.70. The second kappa shape index (κ2) is 5.98. The third kappa shape index (κ3) is 2.72.